The first kappa shape index (κ1) is 12.6. The van der Waals surface area contributed by atoms with Crippen LogP contribution in [-0.2, 0) is 0 Å². The fourth-order valence-electron chi connectivity index (χ4n) is 1.51. The summed E-state index contributed by atoms with van der Waals surface area (Å²) in [6.45, 7) is 1.91. The van der Waals surface area contributed by atoms with Crippen LogP contribution in [0.15, 0.2) is 36.4 Å². The number of halogens is 2. The van der Waals surface area contributed by atoms with Crippen molar-refractivity contribution in [3.63, 3.8) is 0 Å². The molecule has 0 spiro atoms. The average molecular weight is 265 g/mol. The second-order valence-corrected chi connectivity index (χ2v) is 4.24. The van der Waals surface area contributed by atoms with Crippen LogP contribution in [0.2, 0.25) is 5.02 Å². The zero-order valence-corrected chi connectivity index (χ0v) is 10.4. The molecule has 92 valence electrons. The number of hydrogen-bond acceptors (Lipinski definition) is 2. The van der Waals surface area contributed by atoms with Crippen LogP contribution in [0.5, 0.6) is 11.5 Å². The molecule has 0 radical (unpaired) electrons. The highest BCUT2D eigenvalue weighted by atomic mass is 35.5. The normalized spacial score (nSPS) is 10.2. The number of aryl methyl sites for hydroxylation is 1. The quantitative estimate of drug-likeness (QED) is 0.769. The van der Waals surface area contributed by atoms with Crippen molar-refractivity contribution in [1.29, 1.82) is 0 Å². The lowest BCUT2D eigenvalue weighted by atomic mass is 10.2. The average Bonchev–Trinajstić information content (AvgIpc) is 2.34. The number of ether oxygens (including phenoxy) is 1. The molecule has 0 saturated carbocycles. The lowest BCUT2D eigenvalue weighted by Gasteiger charge is -2.09. The van der Waals surface area contributed by atoms with E-state index in [9.17, 15) is 9.18 Å². The van der Waals surface area contributed by atoms with E-state index in [4.69, 9.17) is 16.3 Å². The predicted molar refractivity (Wildman–Crippen MR) is 68.1 cm³/mol. The van der Waals surface area contributed by atoms with Gasteiger partial charge in [0.25, 0.3) is 0 Å². The van der Waals surface area contributed by atoms with E-state index in [2.05, 4.69) is 0 Å². The number of carbonyl (C=O) groups is 1. The summed E-state index contributed by atoms with van der Waals surface area (Å²) in [5, 5.41) is 0.441. The maximum Gasteiger partial charge on any atom is 0.153 e. The molecule has 0 N–H and O–H groups in total. The summed E-state index contributed by atoms with van der Waals surface area (Å²) < 4.78 is 18.5. The topological polar surface area (TPSA) is 26.3 Å². The van der Waals surface area contributed by atoms with Crippen molar-refractivity contribution >= 4 is 17.9 Å². The molecular formula is C14H10ClFO2. The number of carbonyl (C=O) groups excluding carboxylic acids is 1. The highest BCUT2D eigenvalue weighted by molar-refractivity contribution is 6.32. The molecule has 0 saturated heterocycles. The molecule has 0 bridgehead atoms. The molecule has 4 heteroatoms. The first-order chi connectivity index (χ1) is 8.60. The lowest BCUT2D eigenvalue weighted by Crippen LogP contribution is -1.92. The van der Waals surface area contributed by atoms with Crippen LogP contribution in [0.25, 0.3) is 0 Å². The van der Waals surface area contributed by atoms with Gasteiger partial charge in [0.2, 0.25) is 0 Å². The SMILES string of the molecule is Cc1ccc(Oc2ccc(F)cc2C=O)c(Cl)c1. The van der Waals surface area contributed by atoms with Gasteiger partial charge in [0.15, 0.2) is 6.29 Å². The fraction of sp³-hybridized carbons (Fsp3) is 0.0714. The maximum absolute atomic E-state index is 13.0. The first-order valence-corrected chi connectivity index (χ1v) is 5.66. The summed E-state index contributed by atoms with van der Waals surface area (Å²) in [7, 11) is 0. The van der Waals surface area contributed by atoms with E-state index in [-0.39, 0.29) is 11.3 Å². The van der Waals surface area contributed by atoms with Gasteiger partial charge >= 0.3 is 0 Å². The molecule has 2 aromatic rings. The van der Waals surface area contributed by atoms with Crippen LogP contribution in [0.1, 0.15) is 15.9 Å². The molecule has 0 atom stereocenters. The number of aldehydes is 1. The Morgan fingerprint density at radius 1 is 1.17 bits per heavy atom. The maximum atomic E-state index is 13.0. The Bertz CT molecular complexity index is 596. The molecule has 2 rings (SSSR count). The van der Waals surface area contributed by atoms with E-state index in [0.29, 0.717) is 17.1 Å². The van der Waals surface area contributed by atoms with E-state index in [1.165, 1.54) is 12.1 Å². The van der Waals surface area contributed by atoms with Crippen molar-refractivity contribution in [2.45, 2.75) is 6.92 Å². The summed E-state index contributed by atoms with van der Waals surface area (Å²) in [5.41, 5.74) is 1.15. The number of benzene rings is 2. The number of rotatable bonds is 3. The van der Waals surface area contributed by atoms with Gasteiger partial charge in [-0.15, -0.1) is 0 Å². The zero-order valence-electron chi connectivity index (χ0n) is 9.61. The second kappa shape index (κ2) is 5.19. The Morgan fingerprint density at radius 3 is 2.56 bits per heavy atom. The molecule has 2 nitrogen and oxygen atoms in total. The molecular weight excluding hydrogens is 255 g/mol. The Balaban J connectivity index is 2.36. The monoisotopic (exact) mass is 264 g/mol. The van der Waals surface area contributed by atoms with Crippen LogP contribution in [0, 0.1) is 12.7 Å². The Kier molecular flexibility index (Phi) is 3.63. The Hall–Kier alpha value is -1.87. The molecule has 0 aliphatic rings. The summed E-state index contributed by atoms with van der Waals surface area (Å²) in [6.07, 6.45) is 0.542. The van der Waals surface area contributed by atoms with Gasteiger partial charge in [0, 0.05) is 0 Å². The largest absolute Gasteiger partial charge is 0.455 e. The van der Waals surface area contributed by atoms with Gasteiger partial charge in [-0.3, -0.25) is 4.79 Å². The smallest absolute Gasteiger partial charge is 0.153 e. The Labute approximate surface area is 109 Å². The fourth-order valence-corrected chi connectivity index (χ4v) is 1.79. The first-order valence-electron chi connectivity index (χ1n) is 5.29. The van der Waals surface area contributed by atoms with Crippen LogP contribution in [0.3, 0.4) is 0 Å². The van der Waals surface area contributed by atoms with E-state index in [1.807, 2.05) is 13.0 Å². The molecule has 2 aromatic carbocycles. The van der Waals surface area contributed by atoms with Crippen LogP contribution < -0.4 is 4.74 Å². The summed E-state index contributed by atoms with van der Waals surface area (Å²) >= 11 is 6.02. The molecule has 0 aromatic heterocycles. The van der Waals surface area contributed by atoms with Gasteiger partial charge < -0.3 is 4.74 Å². The van der Waals surface area contributed by atoms with Crippen LogP contribution in [-0.4, -0.2) is 6.29 Å². The van der Waals surface area contributed by atoms with Crippen molar-refractivity contribution in [3.05, 3.63) is 58.4 Å². The molecule has 0 aliphatic heterocycles. The van der Waals surface area contributed by atoms with Gasteiger partial charge in [-0.05, 0) is 42.8 Å². The third kappa shape index (κ3) is 2.68. The summed E-state index contributed by atoms with van der Waals surface area (Å²) in [4.78, 5) is 10.8. The minimum atomic E-state index is -0.487. The minimum absolute atomic E-state index is 0.145. The summed E-state index contributed by atoms with van der Waals surface area (Å²) in [5.74, 6) is 0.216. The highest BCUT2D eigenvalue weighted by Gasteiger charge is 2.08. The Morgan fingerprint density at radius 2 is 1.89 bits per heavy atom. The van der Waals surface area contributed by atoms with E-state index in [1.54, 1.807) is 12.1 Å². The van der Waals surface area contributed by atoms with Gasteiger partial charge in [-0.2, -0.15) is 0 Å². The molecule has 0 aliphatic carbocycles. The predicted octanol–water partition coefficient (Wildman–Crippen LogP) is 4.39. The third-order valence-electron chi connectivity index (χ3n) is 2.41. The van der Waals surface area contributed by atoms with Gasteiger partial charge in [0.05, 0.1) is 10.6 Å². The van der Waals surface area contributed by atoms with Crippen molar-refractivity contribution in [2.75, 3.05) is 0 Å². The highest BCUT2D eigenvalue weighted by Crippen LogP contribution is 2.31. The molecule has 0 unspecified atom stereocenters. The van der Waals surface area contributed by atoms with Gasteiger partial charge in [-0.1, -0.05) is 17.7 Å². The third-order valence-corrected chi connectivity index (χ3v) is 2.70. The van der Waals surface area contributed by atoms with E-state index < -0.39 is 5.82 Å². The van der Waals surface area contributed by atoms with Gasteiger partial charge in [-0.25, -0.2) is 4.39 Å². The summed E-state index contributed by atoms with van der Waals surface area (Å²) in [6, 6.07) is 9.03. The van der Waals surface area contributed by atoms with Crippen molar-refractivity contribution in [3.8, 4) is 11.5 Å². The molecule has 0 amide bonds. The van der Waals surface area contributed by atoms with E-state index in [0.717, 1.165) is 11.6 Å². The van der Waals surface area contributed by atoms with Crippen molar-refractivity contribution in [2.24, 2.45) is 0 Å². The minimum Gasteiger partial charge on any atom is -0.455 e. The standard InChI is InChI=1S/C14H10ClFO2/c1-9-2-4-14(12(15)6-9)18-13-5-3-11(16)7-10(13)8-17/h2-8H,1H3. The van der Waals surface area contributed by atoms with Crippen LogP contribution in [0.4, 0.5) is 4.39 Å². The zero-order chi connectivity index (χ0) is 13.1. The molecule has 0 fully saturated rings. The number of hydrogen-bond donors (Lipinski definition) is 0. The van der Waals surface area contributed by atoms with Gasteiger partial charge in [0.1, 0.15) is 17.3 Å². The lowest BCUT2D eigenvalue weighted by molar-refractivity contribution is 0.112. The van der Waals surface area contributed by atoms with Crippen LogP contribution >= 0.6 is 11.6 Å². The second-order valence-electron chi connectivity index (χ2n) is 3.84. The molecule has 18 heavy (non-hydrogen) atoms. The van der Waals surface area contributed by atoms with Crippen molar-refractivity contribution in [1.82, 2.24) is 0 Å². The van der Waals surface area contributed by atoms with E-state index >= 15 is 0 Å². The van der Waals surface area contributed by atoms with Crippen molar-refractivity contribution < 1.29 is 13.9 Å². The molecule has 0 heterocycles.